The summed E-state index contributed by atoms with van der Waals surface area (Å²) in [7, 11) is -3.56. The predicted octanol–water partition coefficient (Wildman–Crippen LogP) is 4.47. The molecule has 0 fully saturated rings. The van der Waals surface area contributed by atoms with E-state index in [0.717, 1.165) is 22.4 Å². The minimum absolute atomic E-state index is 0.234. The van der Waals surface area contributed by atoms with Crippen molar-refractivity contribution in [1.82, 2.24) is 5.32 Å². The van der Waals surface area contributed by atoms with Crippen molar-refractivity contribution in [3.8, 4) is 0 Å². The Kier molecular flexibility index (Phi) is 6.97. The van der Waals surface area contributed by atoms with E-state index in [1.165, 1.54) is 0 Å². The van der Waals surface area contributed by atoms with Gasteiger partial charge >= 0.3 is 0 Å². The summed E-state index contributed by atoms with van der Waals surface area (Å²) >= 11 is 5.42. The minimum Gasteiger partial charge on any atom is -0.332 e. The Hall–Kier alpha value is -3.03. The Morgan fingerprint density at radius 3 is 2.03 bits per heavy atom. The van der Waals surface area contributed by atoms with Gasteiger partial charge in [0, 0.05) is 11.3 Å². The van der Waals surface area contributed by atoms with Crippen molar-refractivity contribution in [3.63, 3.8) is 0 Å². The number of anilines is 1. The summed E-state index contributed by atoms with van der Waals surface area (Å²) in [6, 6.07) is 23.7. The average Bonchev–Trinajstić information content (AvgIpc) is 2.74. The van der Waals surface area contributed by atoms with Gasteiger partial charge in [0.1, 0.15) is 11.7 Å². The van der Waals surface area contributed by atoms with E-state index in [9.17, 15) is 8.42 Å². The summed E-state index contributed by atoms with van der Waals surface area (Å²) in [5, 5.41) is 6.47. The highest BCUT2D eigenvalue weighted by Gasteiger charge is 2.15. The number of hydrogen-bond donors (Lipinski definition) is 2. The highest BCUT2D eigenvalue weighted by atomic mass is 32.2. The first-order valence-corrected chi connectivity index (χ1v) is 11.4. The lowest BCUT2D eigenvalue weighted by molar-refractivity contribution is 0.596. The summed E-state index contributed by atoms with van der Waals surface area (Å²) < 4.78 is 25.3. The van der Waals surface area contributed by atoms with Crippen LogP contribution in [0, 0.1) is 13.8 Å². The first-order chi connectivity index (χ1) is 14.3. The topological polar surface area (TPSA) is 70.6 Å². The SMILES string of the molecule is Cc1ccc(NC(=S)N/C(=N\CS(=O)(=O)c2ccccc2)c2ccc(C)cc2)cc1. The van der Waals surface area contributed by atoms with E-state index in [2.05, 4.69) is 15.6 Å². The van der Waals surface area contributed by atoms with Gasteiger partial charge in [-0.25, -0.2) is 8.42 Å². The standard InChI is InChI=1S/C23H23N3O2S2/c1-17-8-12-19(13-9-17)22(24-16-30(27,28)21-6-4-3-5-7-21)26-23(29)25-20-14-10-18(2)11-15-20/h3-15H,16H2,1-2H3,(H2,24,25,26,29). The van der Waals surface area contributed by atoms with Crippen molar-refractivity contribution in [2.75, 3.05) is 11.2 Å². The summed E-state index contributed by atoms with van der Waals surface area (Å²) in [5.74, 6) is -0.000452. The molecule has 0 saturated heterocycles. The summed E-state index contributed by atoms with van der Waals surface area (Å²) in [6.45, 7) is 3.99. The van der Waals surface area contributed by atoms with Crippen molar-refractivity contribution in [2.45, 2.75) is 18.7 Å². The molecule has 30 heavy (non-hydrogen) atoms. The maximum absolute atomic E-state index is 12.6. The molecule has 3 rings (SSSR count). The highest BCUT2D eigenvalue weighted by molar-refractivity contribution is 7.91. The van der Waals surface area contributed by atoms with Crippen LogP contribution in [0.2, 0.25) is 0 Å². The van der Waals surface area contributed by atoms with Crippen LogP contribution in [0.15, 0.2) is 88.8 Å². The molecule has 3 aromatic rings. The van der Waals surface area contributed by atoms with Gasteiger partial charge in [0.05, 0.1) is 4.90 Å². The fraction of sp³-hybridized carbons (Fsp3) is 0.130. The van der Waals surface area contributed by atoms with Crippen LogP contribution in [0.25, 0.3) is 0 Å². The van der Waals surface area contributed by atoms with Crippen LogP contribution in [-0.4, -0.2) is 25.2 Å². The first-order valence-electron chi connectivity index (χ1n) is 9.37. The Balaban J connectivity index is 1.83. The molecule has 0 saturated carbocycles. The van der Waals surface area contributed by atoms with Crippen LogP contribution in [-0.2, 0) is 9.84 Å². The fourth-order valence-electron chi connectivity index (χ4n) is 2.67. The number of rotatable bonds is 5. The van der Waals surface area contributed by atoms with Crippen molar-refractivity contribution >= 4 is 38.7 Å². The molecule has 3 aromatic carbocycles. The summed E-state index contributed by atoms with van der Waals surface area (Å²) in [4.78, 5) is 4.59. The van der Waals surface area contributed by atoms with Crippen LogP contribution in [0.4, 0.5) is 5.69 Å². The number of aryl methyl sites for hydroxylation is 2. The normalized spacial score (nSPS) is 11.7. The van der Waals surface area contributed by atoms with E-state index >= 15 is 0 Å². The van der Waals surface area contributed by atoms with Crippen molar-refractivity contribution < 1.29 is 8.42 Å². The number of sulfone groups is 1. The third kappa shape index (κ3) is 5.98. The van der Waals surface area contributed by atoms with Crippen molar-refractivity contribution in [3.05, 3.63) is 95.6 Å². The van der Waals surface area contributed by atoms with Crippen LogP contribution < -0.4 is 10.6 Å². The van der Waals surface area contributed by atoms with Crippen LogP contribution in [0.5, 0.6) is 0 Å². The first kappa shape index (κ1) is 21.7. The van der Waals surface area contributed by atoms with E-state index < -0.39 is 9.84 Å². The number of benzene rings is 3. The fourth-order valence-corrected chi connectivity index (χ4v) is 3.91. The smallest absolute Gasteiger partial charge is 0.198 e. The molecule has 0 spiro atoms. The zero-order valence-corrected chi connectivity index (χ0v) is 18.4. The lowest BCUT2D eigenvalue weighted by Crippen LogP contribution is -2.35. The molecule has 0 aromatic heterocycles. The van der Waals surface area contributed by atoms with Gasteiger partial charge in [-0.1, -0.05) is 65.7 Å². The lowest BCUT2D eigenvalue weighted by Gasteiger charge is -2.14. The molecule has 0 bridgehead atoms. The van der Waals surface area contributed by atoms with E-state index in [1.54, 1.807) is 30.3 Å². The molecule has 0 aliphatic carbocycles. The zero-order valence-electron chi connectivity index (χ0n) is 16.8. The van der Waals surface area contributed by atoms with Gasteiger partial charge in [-0.3, -0.25) is 4.99 Å². The van der Waals surface area contributed by atoms with E-state index in [0.29, 0.717) is 10.9 Å². The van der Waals surface area contributed by atoms with Gasteiger partial charge in [0.25, 0.3) is 0 Å². The quantitative estimate of drug-likeness (QED) is 0.350. The van der Waals surface area contributed by atoms with E-state index in [-0.39, 0.29) is 10.8 Å². The molecular formula is C23H23N3O2S2. The number of aliphatic imine (C=N–C) groups is 1. The van der Waals surface area contributed by atoms with Gasteiger partial charge in [-0.05, 0) is 50.3 Å². The van der Waals surface area contributed by atoms with E-state index in [4.69, 9.17) is 12.2 Å². The van der Waals surface area contributed by atoms with Crippen molar-refractivity contribution in [2.24, 2.45) is 4.99 Å². The molecular weight excluding hydrogens is 414 g/mol. The van der Waals surface area contributed by atoms with Gasteiger partial charge in [-0.15, -0.1) is 0 Å². The summed E-state index contributed by atoms with van der Waals surface area (Å²) in [6.07, 6.45) is 0. The molecule has 5 nitrogen and oxygen atoms in total. The number of amidine groups is 1. The zero-order chi connectivity index (χ0) is 21.6. The highest BCUT2D eigenvalue weighted by Crippen LogP contribution is 2.12. The maximum atomic E-state index is 12.6. The molecule has 154 valence electrons. The van der Waals surface area contributed by atoms with Crippen molar-refractivity contribution in [1.29, 1.82) is 0 Å². The summed E-state index contributed by atoms with van der Waals surface area (Å²) in [5.41, 5.74) is 3.82. The van der Waals surface area contributed by atoms with Gasteiger partial charge in [-0.2, -0.15) is 0 Å². The molecule has 0 aliphatic heterocycles. The van der Waals surface area contributed by atoms with E-state index in [1.807, 2.05) is 62.4 Å². The largest absolute Gasteiger partial charge is 0.332 e. The Bertz CT molecular complexity index is 1140. The number of hydrogen-bond acceptors (Lipinski definition) is 4. The molecule has 0 aliphatic rings. The third-order valence-electron chi connectivity index (χ3n) is 4.36. The lowest BCUT2D eigenvalue weighted by atomic mass is 10.1. The third-order valence-corrected chi connectivity index (χ3v) is 6.02. The average molecular weight is 438 g/mol. The number of thiocarbonyl (C=S) groups is 1. The second-order valence-electron chi connectivity index (χ2n) is 6.87. The Labute approximate surface area is 182 Å². The maximum Gasteiger partial charge on any atom is 0.198 e. The Morgan fingerprint density at radius 2 is 1.43 bits per heavy atom. The number of nitrogens with zero attached hydrogens (tertiary/aromatic N) is 1. The molecule has 2 N–H and O–H groups in total. The molecule has 7 heteroatoms. The number of nitrogens with one attached hydrogen (secondary N) is 2. The van der Waals surface area contributed by atoms with Crippen LogP contribution in [0.1, 0.15) is 16.7 Å². The molecule has 0 heterocycles. The molecule has 0 amide bonds. The predicted molar refractivity (Wildman–Crippen MR) is 127 cm³/mol. The Morgan fingerprint density at radius 1 is 0.867 bits per heavy atom. The van der Waals surface area contributed by atoms with Gasteiger partial charge in [0.2, 0.25) is 0 Å². The van der Waals surface area contributed by atoms with Crippen LogP contribution in [0.3, 0.4) is 0 Å². The monoisotopic (exact) mass is 437 g/mol. The van der Waals surface area contributed by atoms with Gasteiger partial charge < -0.3 is 10.6 Å². The molecule has 0 unspecified atom stereocenters. The molecule has 0 radical (unpaired) electrons. The minimum atomic E-state index is -3.56. The molecule has 0 atom stereocenters. The van der Waals surface area contributed by atoms with Gasteiger partial charge in [0.15, 0.2) is 14.9 Å². The second kappa shape index (κ2) is 9.65. The van der Waals surface area contributed by atoms with Crippen LogP contribution >= 0.6 is 12.2 Å². The second-order valence-corrected chi connectivity index (χ2v) is 9.24.